The summed E-state index contributed by atoms with van der Waals surface area (Å²) in [4.78, 5) is 22.1. The number of carbonyl (C=O) groups excluding carboxylic acids is 1. The van der Waals surface area contributed by atoms with Gasteiger partial charge in [-0.1, -0.05) is 23.7 Å². The summed E-state index contributed by atoms with van der Waals surface area (Å²) in [6.07, 6.45) is 6.08. The molecule has 0 unspecified atom stereocenters. The third kappa shape index (κ3) is 3.34. The van der Waals surface area contributed by atoms with Crippen LogP contribution in [0, 0.1) is 0 Å². The van der Waals surface area contributed by atoms with Crippen molar-refractivity contribution in [3.63, 3.8) is 0 Å². The summed E-state index contributed by atoms with van der Waals surface area (Å²) in [5.74, 6) is -0.179. The maximum atomic E-state index is 12.7. The molecule has 0 bridgehead atoms. The van der Waals surface area contributed by atoms with E-state index in [9.17, 15) is 4.79 Å². The summed E-state index contributed by atoms with van der Waals surface area (Å²) in [6, 6.07) is 11.4. The van der Waals surface area contributed by atoms with Crippen molar-refractivity contribution in [2.75, 3.05) is 6.54 Å². The predicted octanol–water partition coefficient (Wildman–Crippen LogP) is 4.08. The molecule has 3 aromatic heterocycles. The molecule has 0 aliphatic rings. The second-order valence-corrected chi connectivity index (χ2v) is 7.04. The molecule has 0 saturated heterocycles. The highest BCUT2D eigenvalue weighted by Gasteiger charge is 2.20. The first-order valence-corrected chi connectivity index (χ1v) is 9.37. The number of amides is 1. The molecule has 4 aromatic rings. The van der Waals surface area contributed by atoms with Gasteiger partial charge in [-0.05, 0) is 36.2 Å². The van der Waals surface area contributed by atoms with Gasteiger partial charge in [-0.3, -0.25) is 14.2 Å². The van der Waals surface area contributed by atoms with E-state index in [1.54, 1.807) is 12.4 Å². The van der Waals surface area contributed by atoms with Crippen LogP contribution in [0.1, 0.15) is 16.1 Å². The molecule has 1 N–H and O–H groups in total. The first kappa shape index (κ1) is 16.8. The van der Waals surface area contributed by atoms with Crippen LogP contribution in [0.2, 0.25) is 5.02 Å². The van der Waals surface area contributed by atoms with Gasteiger partial charge in [0.1, 0.15) is 0 Å². The molecular weight excluding hydrogens is 368 g/mol. The van der Waals surface area contributed by atoms with E-state index >= 15 is 0 Å². The minimum atomic E-state index is -0.179. The quantitative estimate of drug-likeness (QED) is 0.565. The Morgan fingerprint density at radius 3 is 2.69 bits per heavy atom. The van der Waals surface area contributed by atoms with E-state index in [-0.39, 0.29) is 5.91 Å². The number of nitrogens with one attached hydrogen (secondary N) is 1. The molecule has 0 saturated carbocycles. The fourth-order valence-corrected chi connectivity index (χ4v) is 3.62. The number of rotatable bonds is 5. The van der Waals surface area contributed by atoms with Crippen molar-refractivity contribution >= 4 is 33.8 Å². The lowest BCUT2D eigenvalue weighted by molar-refractivity contribution is 0.0950. The maximum Gasteiger partial charge on any atom is 0.272 e. The molecule has 3 heterocycles. The molecule has 1 amide bonds. The van der Waals surface area contributed by atoms with Gasteiger partial charge < -0.3 is 5.32 Å². The van der Waals surface area contributed by atoms with Crippen molar-refractivity contribution < 1.29 is 4.79 Å². The van der Waals surface area contributed by atoms with Crippen LogP contribution in [0.3, 0.4) is 0 Å². The van der Waals surface area contributed by atoms with Crippen molar-refractivity contribution in [3.05, 3.63) is 76.6 Å². The first-order chi connectivity index (χ1) is 12.7. The molecule has 0 fully saturated rings. The Balaban J connectivity index is 1.55. The van der Waals surface area contributed by atoms with Gasteiger partial charge >= 0.3 is 0 Å². The van der Waals surface area contributed by atoms with E-state index in [0.29, 0.717) is 17.3 Å². The number of aromatic nitrogens is 3. The summed E-state index contributed by atoms with van der Waals surface area (Å²) in [5.41, 5.74) is 3.25. The van der Waals surface area contributed by atoms with Crippen molar-refractivity contribution in [3.8, 4) is 11.3 Å². The topological polar surface area (TPSA) is 59.3 Å². The van der Waals surface area contributed by atoms with Crippen LogP contribution in [0.25, 0.3) is 16.2 Å². The van der Waals surface area contributed by atoms with Crippen LogP contribution < -0.4 is 5.32 Å². The third-order valence-electron chi connectivity index (χ3n) is 4.04. The van der Waals surface area contributed by atoms with Crippen molar-refractivity contribution in [1.82, 2.24) is 19.7 Å². The predicted molar refractivity (Wildman–Crippen MR) is 104 cm³/mol. The van der Waals surface area contributed by atoms with Crippen LogP contribution in [0.4, 0.5) is 0 Å². The summed E-state index contributed by atoms with van der Waals surface area (Å²) in [5, 5.41) is 5.62. The zero-order chi connectivity index (χ0) is 17.9. The Labute approximate surface area is 159 Å². The Bertz CT molecular complexity index is 1040. The average molecular weight is 383 g/mol. The number of nitrogens with zero attached hydrogens (tertiary/aromatic N) is 3. The van der Waals surface area contributed by atoms with Gasteiger partial charge in [-0.25, -0.2) is 4.98 Å². The Kier molecular flexibility index (Phi) is 4.69. The average Bonchev–Trinajstić information content (AvgIpc) is 3.25. The number of fused-ring (bicyclic) bond motifs is 1. The highest BCUT2D eigenvalue weighted by Crippen LogP contribution is 2.27. The van der Waals surface area contributed by atoms with Gasteiger partial charge in [0, 0.05) is 41.1 Å². The van der Waals surface area contributed by atoms with Gasteiger partial charge in [0.2, 0.25) is 0 Å². The highest BCUT2D eigenvalue weighted by molar-refractivity contribution is 7.15. The van der Waals surface area contributed by atoms with E-state index in [0.717, 1.165) is 28.2 Å². The van der Waals surface area contributed by atoms with Gasteiger partial charge in [0.15, 0.2) is 10.7 Å². The highest BCUT2D eigenvalue weighted by atomic mass is 35.5. The molecule has 0 aliphatic carbocycles. The molecule has 0 radical (unpaired) electrons. The molecule has 7 heteroatoms. The molecule has 0 atom stereocenters. The van der Waals surface area contributed by atoms with E-state index in [1.165, 1.54) is 11.3 Å². The summed E-state index contributed by atoms with van der Waals surface area (Å²) in [7, 11) is 0. The van der Waals surface area contributed by atoms with Crippen LogP contribution in [0.15, 0.2) is 60.4 Å². The van der Waals surface area contributed by atoms with Crippen molar-refractivity contribution in [2.45, 2.75) is 6.42 Å². The summed E-state index contributed by atoms with van der Waals surface area (Å²) in [6.45, 7) is 0.529. The minimum absolute atomic E-state index is 0.179. The lowest BCUT2D eigenvalue weighted by Crippen LogP contribution is -2.26. The molecule has 5 nitrogen and oxygen atoms in total. The van der Waals surface area contributed by atoms with Crippen molar-refractivity contribution in [1.29, 1.82) is 0 Å². The van der Waals surface area contributed by atoms with Crippen LogP contribution in [-0.2, 0) is 6.42 Å². The lowest BCUT2D eigenvalue weighted by Gasteiger charge is -2.06. The minimum Gasteiger partial charge on any atom is -0.350 e. The Morgan fingerprint density at radius 2 is 1.92 bits per heavy atom. The van der Waals surface area contributed by atoms with E-state index < -0.39 is 0 Å². The largest absolute Gasteiger partial charge is 0.350 e. The number of thiazole rings is 1. The second kappa shape index (κ2) is 7.27. The molecule has 1 aromatic carbocycles. The normalized spacial score (nSPS) is 11.0. The SMILES string of the molecule is O=C(NCCc1ccc(Cl)cc1)c1nc2sccn2c1-c1ccncc1. The zero-order valence-electron chi connectivity index (χ0n) is 13.7. The third-order valence-corrected chi connectivity index (χ3v) is 5.05. The fraction of sp³-hybridized carbons (Fsp3) is 0.105. The molecule has 130 valence electrons. The van der Waals surface area contributed by atoms with E-state index in [1.807, 2.05) is 52.4 Å². The van der Waals surface area contributed by atoms with Crippen LogP contribution in [0.5, 0.6) is 0 Å². The Morgan fingerprint density at radius 1 is 1.15 bits per heavy atom. The number of imidazole rings is 1. The number of benzene rings is 1. The monoisotopic (exact) mass is 382 g/mol. The lowest BCUT2D eigenvalue weighted by atomic mass is 10.1. The zero-order valence-corrected chi connectivity index (χ0v) is 15.3. The van der Waals surface area contributed by atoms with Gasteiger partial charge in [0.05, 0.1) is 5.69 Å². The Hall–Kier alpha value is -2.70. The van der Waals surface area contributed by atoms with Crippen LogP contribution >= 0.6 is 22.9 Å². The summed E-state index contributed by atoms with van der Waals surface area (Å²) >= 11 is 7.40. The molecule has 26 heavy (non-hydrogen) atoms. The summed E-state index contributed by atoms with van der Waals surface area (Å²) < 4.78 is 1.94. The van der Waals surface area contributed by atoms with Crippen molar-refractivity contribution in [2.24, 2.45) is 0 Å². The van der Waals surface area contributed by atoms with Gasteiger partial charge in [0.25, 0.3) is 5.91 Å². The number of halogens is 1. The number of pyridine rings is 1. The standard InChI is InChI=1S/C19H15ClN4OS/c20-15-3-1-13(2-4-15)5-10-22-18(25)16-17(14-6-8-21-9-7-14)24-11-12-26-19(24)23-16/h1-4,6-9,11-12H,5,10H2,(H,22,25). The molecule has 0 spiro atoms. The van der Waals surface area contributed by atoms with E-state index in [2.05, 4.69) is 15.3 Å². The smallest absolute Gasteiger partial charge is 0.272 e. The number of hydrogen-bond acceptors (Lipinski definition) is 4. The molecule has 0 aliphatic heterocycles. The van der Waals surface area contributed by atoms with Gasteiger partial charge in [-0.15, -0.1) is 11.3 Å². The van der Waals surface area contributed by atoms with Crippen LogP contribution in [-0.4, -0.2) is 26.8 Å². The second-order valence-electron chi connectivity index (χ2n) is 5.73. The van der Waals surface area contributed by atoms with E-state index in [4.69, 9.17) is 11.6 Å². The fourth-order valence-electron chi connectivity index (χ4n) is 2.78. The first-order valence-electron chi connectivity index (χ1n) is 8.11. The molecular formula is C19H15ClN4OS. The number of hydrogen-bond donors (Lipinski definition) is 1. The molecule has 4 rings (SSSR count). The maximum absolute atomic E-state index is 12.7. The van der Waals surface area contributed by atoms with Gasteiger partial charge in [-0.2, -0.15) is 0 Å². The number of carbonyl (C=O) groups is 1.